The van der Waals surface area contributed by atoms with Crippen LogP contribution in [0.5, 0.6) is 0 Å². The zero-order valence-electron chi connectivity index (χ0n) is 18.2. The number of aromatic nitrogens is 3. The number of amides is 1. The van der Waals surface area contributed by atoms with Crippen molar-refractivity contribution in [2.75, 3.05) is 36.4 Å². The third kappa shape index (κ3) is 5.09. The zero-order valence-corrected chi connectivity index (χ0v) is 20.6. The Hall–Kier alpha value is -2.94. The lowest BCUT2D eigenvalue weighted by Crippen LogP contribution is -2.49. The van der Waals surface area contributed by atoms with Crippen LogP contribution in [0.15, 0.2) is 54.2 Å². The Bertz CT molecular complexity index is 1310. The molecule has 34 heavy (non-hydrogen) atoms. The predicted molar refractivity (Wildman–Crippen MR) is 138 cm³/mol. The monoisotopic (exact) mass is 512 g/mol. The first-order valence-electron chi connectivity index (χ1n) is 10.9. The van der Waals surface area contributed by atoms with Crippen LogP contribution in [0.1, 0.15) is 11.1 Å². The Labute approximate surface area is 211 Å². The van der Waals surface area contributed by atoms with E-state index in [4.69, 9.17) is 33.2 Å². The minimum atomic E-state index is 0.115. The summed E-state index contributed by atoms with van der Waals surface area (Å²) in [5, 5.41) is 6.65. The van der Waals surface area contributed by atoms with Gasteiger partial charge in [0.15, 0.2) is 0 Å². The molecule has 0 aliphatic carbocycles. The predicted octanol–water partition coefficient (Wildman–Crippen LogP) is 4.90. The molecule has 1 N–H and O–H groups in total. The second-order valence-corrected chi connectivity index (χ2v) is 9.76. The van der Waals surface area contributed by atoms with E-state index in [9.17, 15) is 4.79 Å². The number of benzene rings is 1. The third-order valence-corrected chi connectivity index (χ3v) is 7.24. The number of fused-ring (bicyclic) bond motifs is 1. The molecule has 1 amide bonds. The molecule has 7 nitrogen and oxygen atoms in total. The van der Waals surface area contributed by atoms with E-state index in [0.29, 0.717) is 55.1 Å². The summed E-state index contributed by atoms with van der Waals surface area (Å²) < 4.78 is 0.999. The van der Waals surface area contributed by atoms with Gasteiger partial charge in [0.25, 0.3) is 0 Å². The summed E-state index contributed by atoms with van der Waals surface area (Å²) in [4.78, 5) is 30.4. The van der Waals surface area contributed by atoms with E-state index in [1.807, 2.05) is 40.6 Å². The van der Waals surface area contributed by atoms with Gasteiger partial charge in [-0.05, 0) is 40.8 Å². The van der Waals surface area contributed by atoms with Gasteiger partial charge in [0.05, 0.1) is 16.6 Å². The molecule has 4 heterocycles. The molecule has 0 atom stereocenters. The molecule has 0 unspecified atom stereocenters. The quantitative estimate of drug-likeness (QED) is 0.396. The minimum absolute atomic E-state index is 0.115. The summed E-state index contributed by atoms with van der Waals surface area (Å²) >= 11 is 14.0. The van der Waals surface area contributed by atoms with Crippen molar-refractivity contribution >= 4 is 62.4 Å². The van der Waals surface area contributed by atoms with Gasteiger partial charge in [-0.3, -0.25) is 9.78 Å². The van der Waals surface area contributed by atoms with E-state index in [-0.39, 0.29) is 5.91 Å². The molecule has 5 rings (SSSR count). The Kier molecular flexibility index (Phi) is 6.80. The molecule has 1 aliphatic rings. The summed E-state index contributed by atoms with van der Waals surface area (Å²) in [5.74, 6) is 1.55. The second-order valence-electron chi connectivity index (χ2n) is 8.00. The molecule has 0 bridgehead atoms. The standard InChI is InChI=1S/C24H22Cl2N6OS/c25-18-4-3-17(19(26)13-18)15-28-23-22-20(5-11-34-22)29-24(30-23)32-9-7-31(8-10-32)21(33)12-16-2-1-6-27-14-16/h1-6,11,13-14H,7-10,12,15H2,(H,28,29,30). The number of hydrogen-bond donors (Lipinski definition) is 1. The number of carbonyl (C=O) groups excluding carboxylic acids is 1. The van der Waals surface area contributed by atoms with Gasteiger partial charge in [-0.2, -0.15) is 4.98 Å². The molecule has 1 fully saturated rings. The van der Waals surface area contributed by atoms with E-state index in [2.05, 4.69) is 15.2 Å². The first kappa shape index (κ1) is 22.8. The number of halogens is 2. The van der Waals surface area contributed by atoms with Crippen molar-refractivity contribution in [1.82, 2.24) is 19.9 Å². The Morgan fingerprint density at radius 2 is 1.94 bits per heavy atom. The number of carbonyl (C=O) groups is 1. The normalized spacial score (nSPS) is 13.9. The van der Waals surface area contributed by atoms with E-state index >= 15 is 0 Å². The smallest absolute Gasteiger partial charge is 0.228 e. The van der Waals surface area contributed by atoms with Crippen molar-refractivity contribution in [2.45, 2.75) is 13.0 Å². The van der Waals surface area contributed by atoms with E-state index in [1.165, 1.54) is 0 Å². The summed E-state index contributed by atoms with van der Waals surface area (Å²) in [5.41, 5.74) is 2.77. The highest BCUT2D eigenvalue weighted by Crippen LogP contribution is 2.30. The molecule has 0 spiro atoms. The third-order valence-electron chi connectivity index (χ3n) is 5.75. The van der Waals surface area contributed by atoms with Crippen molar-refractivity contribution in [2.24, 2.45) is 0 Å². The summed E-state index contributed by atoms with van der Waals surface area (Å²) in [6, 6.07) is 11.3. The van der Waals surface area contributed by atoms with Gasteiger partial charge >= 0.3 is 0 Å². The van der Waals surface area contributed by atoms with E-state index < -0.39 is 0 Å². The number of piperazine rings is 1. The minimum Gasteiger partial charge on any atom is -0.365 e. The highest BCUT2D eigenvalue weighted by atomic mass is 35.5. The zero-order chi connectivity index (χ0) is 23.5. The van der Waals surface area contributed by atoms with Crippen molar-refractivity contribution in [1.29, 1.82) is 0 Å². The SMILES string of the molecule is O=C(Cc1cccnc1)N1CCN(c2nc(NCc3ccc(Cl)cc3Cl)c3sccc3n2)CC1. The number of nitrogens with one attached hydrogen (secondary N) is 1. The number of pyridine rings is 1. The van der Waals surface area contributed by atoms with Crippen LogP contribution in [-0.2, 0) is 17.8 Å². The molecule has 10 heteroatoms. The second kappa shape index (κ2) is 10.1. The number of anilines is 2. The first-order chi connectivity index (χ1) is 16.6. The van der Waals surface area contributed by atoms with Gasteiger partial charge in [-0.1, -0.05) is 35.3 Å². The fourth-order valence-electron chi connectivity index (χ4n) is 3.90. The first-order valence-corrected chi connectivity index (χ1v) is 12.5. The average Bonchev–Trinajstić information content (AvgIpc) is 3.33. The van der Waals surface area contributed by atoms with Crippen LogP contribution in [0, 0.1) is 0 Å². The Balaban J connectivity index is 1.27. The van der Waals surface area contributed by atoms with Gasteiger partial charge in [0, 0.05) is 55.2 Å². The molecular weight excluding hydrogens is 491 g/mol. The maximum atomic E-state index is 12.7. The van der Waals surface area contributed by atoms with Crippen LogP contribution in [0.25, 0.3) is 10.2 Å². The highest BCUT2D eigenvalue weighted by molar-refractivity contribution is 7.17. The lowest BCUT2D eigenvalue weighted by Gasteiger charge is -2.35. The summed E-state index contributed by atoms with van der Waals surface area (Å²) in [6.45, 7) is 3.14. The largest absolute Gasteiger partial charge is 0.365 e. The van der Waals surface area contributed by atoms with Crippen molar-refractivity contribution in [3.63, 3.8) is 0 Å². The maximum absolute atomic E-state index is 12.7. The van der Waals surface area contributed by atoms with E-state index in [1.54, 1.807) is 29.8 Å². The number of thiophene rings is 1. The van der Waals surface area contributed by atoms with Crippen LogP contribution in [0.2, 0.25) is 10.0 Å². The molecule has 174 valence electrons. The topological polar surface area (TPSA) is 74.2 Å². The molecule has 3 aromatic heterocycles. The number of hydrogen-bond acceptors (Lipinski definition) is 7. The fraction of sp³-hybridized carbons (Fsp3) is 0.250. The fourth-order valence-corrected chi connectivity index (χ4v) is 5.17. The number of rotatable bonds is 6. The molecule has 0 radical (unpaired) electrons. The van der Waals surface area contributed by atoms with Crippen LogP contribution in [-0.4, -0.2) is 51.9 Å². The Morgan fingerprint density at radius 1 is 1.09 bits per heavy atom. The highest BCUT2D eigenvalue weighted by Gasteiger charge is 2.24. The molecule has 0 saturated carbocycles. The molecule has 1 aromatic carbocycles. The molecule has 1 aliphatic heterocycles. The molecule has 4 aromatic rings. The van der Waals surface area contributed by atoms with Gasteiger partial charge in [-0.25, -0.2) is 4.98 Å². The van der Waals surface area contributed by atoms with Crippen LogP contribution in [0.4, 0.5) is 11.8 Å². The van der Waals surface area contributed by atoms with Crippen LogP contribution >= 0.6 is 34.5 Å². The summed E-state index contributed by atoms with van der Waals surface area (Å²) in [7, 11) is 0. The van der Waals surface area contributed by atoms with Gasteiger partial charge < -0.3 is 15.1 Å². The number of nitrogens with zero attached hydrogens (tertiary/aromatic N) is 5. The molecule has 1 saturated heterocycles. The summed E-state index contributed by atoms with van der Waals surface area (Å²) in [6.07, 6.45) is 3.82. The van der Waals surface area contributed by atoms with Gasteiger partial charge in [0.1, 0.15) is 5.82 Å². The lowest BCUT2D eigenvalue weighted by atomic mass is 10.2. The molecular formula is C24H22Cl2N6OS. The van der Waals surface area contributed by atoms with E-state index in [0.717, 1.165) is 27.2 Å². The Morgan fingerprint density at radius 3 is 2.71 bits per heavy atom. The van der Waals surface area contributed by atoms with Crippen molar-refractivity contribution in [3.8, 4) is 0 Å². The van der Waals surface area contributed by atoms with Crippen molar-refractivity contribution < 1.29 is 4.79 Å². The van der Waals surface area contributed by atoms with Crippen LogP contribution < -0.4 is 10.2 Å². The maximum Gasteiger partial charge on any atom is 0.228 e. The lowest BCUT2D eigenvalue weighted by molar-refractivity contribution is -0.130. The van der Waals surface area contributed by atoms with Gasteiger partial charge in [0.2, 0.25) is 11.9 Å². The van der Waals surface area contributed by atoms with Crippen molar-refractivity contribution in [3.05, 3.63) is 75.3 Å². The van der Waals surface area contributed by atoms with Crippen LogP contribution in [0.3, 0.4) is 0 Å². The average molecular weight is 513 g/mol. The van der Waals surface area contributed by atoms with Gasteiger partial charge in [-0.15, -0.1) is 11.3 Å².